The number of halogens is 4. The van der Waals surface area contributed by atoms with Gasteiger partial charge in [-0.05, 0) is 129 Å². The van der Waals surface area contributed by atoms with Crippen LogP contribution in [0, 0.1) is 22.5 Å². The van der Waals surface area contributed by atoms with Crippen molar-refractivity contribution < 1.29 is 47.4 Å². The molecule has 16 nitrogen and oxygen atoms in total. The summed E-state index contributed by atoms with van der Waals surface area (Å²) in [6, 6.07) is 20.3. The largest absolute Gasteiger partial charge is 0.465 e. The maximum Gasteiger partial charge on any atom is 0.407 e. The number of anilines is 2. The highest BCUT2D eigenvalue weighted by atomic mass is 35.5. The lowest BCUT2D eigenvalue weighted by Gasteiger charge is -2.46. The molecular weight excluding hydrogens is 998 g/mol. The van der Waals surface area contributed by atoms with Gasteiger partial charge in [-0.15, -0.1) is 0 Å². The van der Waals surface area contributed by atoms with Crippen molar-refractivity contribution in [2.45, 2.75) is 116 Å². The van der Waals surface area contributed by atoms with Gasteiger partial charge in [-0.25, -0.2) is 18.4 Å². The molecular formula is C54H60Cl2F2N8O8. The maximum atomic E-state index is 13.4. The van der Waals surface area contributed by atoms with Gasteiger partial charge in [0.15, 0.2) is 11.6 Å². The molecule has 2 aromatic heterocycles. The number of ketones is 2. The molecule has 2 saturated carbocycles. The van der Waals surface area contributed by atoms with Crippen LogP contribution in [-0.4, -0.2) is 91.2 Å². The second-order valence-corrected chi connectivity index (χ2v) is 20.3. The van der Waals surface area contributed by atoms with Gasteiger partial charge in [-0.1, -0.05) is 99.8 Å². The fourth-order valence-electron chi connectivity index (χ4n) is 9.59. The summed E-state index contributed by atoms with van der Waals surface area (Å²) in [5.74, 6) is -3.64. The van der Waals surface area contributed by atoms with Crippen LogP contribution in [0.15, 0.2) is 84.9 Å². The lowest BCUT2D eigenvalue weighted by Crippen LogP contribution is -2.54. The van der Waals surface area contributed by atoms with Gasteiger partial charge < -0.3 is 25.8 Å². The Morgan fingerprint density at radius 2 is 1.16 bits per heavy atom. The SMILES string of the molecule is CCCCC(C(=O)C(=O)Nc1n[nH]c2cc(Cl)ccc12)N(CC1(Cc2ccc(F)cc2)CCC1)C(=O)O.CCCC[C@H](NC(=O)OCC1(Cc2ccc(F)cc2)CCC1)C(=O)C(=O)Nc1n[nH]c2cc(Cl)ccc12. The Morgan fingerprint density at radius 3 is 1.62 bits per heavy atom. The first kappa shape index (κ1) is 54.8. The molecule has 4 aromatic carbocycles. The minimum Gasteiger partial charge on any atom is -0.465 e. The fraction of sp³-hybridized carbons (Fsp3) is 0.407. The van der Waals surface area contributed by atoms with E-state index in [4.69, 9.17) is 27.9 Å². The van der Waals surface area contributed by atoms with E-state index >= 15 is 0 Å². The van der Waals surface area contributed by atoms with E-state index in [0.717, 1.165) is 67.4 Å². The number of hydrogen-bond acceptors (Lipinski definition) is 9. The molecule has 392 valence electrons. The molecule has 20 heteroatoms. The average Bonchev–Trinajstić information content (AvgIpc) is 3.95. The summed E-state index contributed by atoms with van der Waals surface area (Å²) < 4.78 is 32.2. The lowest BCUT2D eigenvalue weighted by atomic mass is 9.65. The number of benzene rings is 4. The Morgan fingerprint density at radius 1 is 0.689 bits per heavy atom. The van der Waals surface area contributed by atoms with E-state index in [1.165, 1.54) is 24.3 Å². The number of H-pyrrole nitrogens is 2. The zero-order valence-corrected chi connectivity index (χ0v) is 42.7. The molecule has 0 radical (unpaired) electrons. The monoisotopic (exact) mass is 1060 g/mol. The topological polar surface area (TPSA) is 229 Å². The number of aromatic nitrogens is 4. The van der Waals surface area contributed by atoms with E-state index in [9.17, 15) is 42.7 Å². The van der Waals surface area contributed by atoms with E-state index in [2.05, 4.69) is 36.3 Å². The molecule has 0 bridgehead atoms. The Labute approximate surface area is 436 Å². The number of fused-ring (bicyclic) bond motifs is 2. The molecule has 6 N–H and O–H groups in total. The first-order chi connectivity index (χ1) is 35.5. The summed E-state index contributed by atoms with van der Waals surface area (Å²) in [4.78, 5) is 78.3. The van der Waals surface area contributed by atoms with Crippen LogP contribution in [0.4, 0.5) is 30.0 Å². The van der Waals surface area contributed by atoms with Crippen molar-refractivity contribution in [1.29, 1.82) is 0 Å². The maximum absolute atomic E-state index is 13.4. The zero-order valence-electron chi connectivity index (χ0n) is 41.2. The summed E-state index contributed by atoms with van der Waals surface area (Å²) in [5, 5.41) is 33.6. The molecule has 2 atom stereocenters. The number of carboxylic acid groups (broad SMARTS) is 1. The predicted octanol–water partition coefficient (Wildman–Crippen LogP) is 11.4. The second kappa shape index (κ2) is 24.9. The Bertz CT molecular complexity index is 2960. The number of unbranched alkanes of at least 4 members (excludes halogenated alkanes) is 2. The molecule has 1 unspecified atom stereocenters. The number of hydrogen-bond donors (Lipinski definition) is 6. The summed E-state index contributed by atoms with van der Waals surface area (Å²) in [6.45, 7) is 4.20. The highest BCUT2D eigenvalue weighted by molar-refractivity contribution is 6.43. The van der Waals surface area contributed by atoms with Crippen LogP contribution in [0.2, 0.25) is 10.0 Å². The number of carbonyl (C=O) groups is 6. The van der Waals surface area contributed by atoms with Gasteiger partial charge in [-0.2, -0.15) is 10.2 Å². The number of rotatable bonds is 22. The van der Waals surface area contributed by atoms with Crippen LogP contribution in [0.1, 0.15) is 102 Å². The standard InChI is InChI=1S/2C27H30ClFN4O4/c1-2-3-5-22(23(34)25(35)30-24-20-11-8-18(28)14-21(20)31-32-24)33(26(36)37)16-27(12-4-13-27)15-17-6-9-19(29)10-7-17;1-2-3-5-21(23(34)25(35)31-24-20-11-8-18(28)14-22(20)32-33-24)30-26(36)37-16-27(12-4-13-27)15-17-6-9-19(29)10-7-17/h6-11,14,22H,2-5,12-13,15-16H2,1H3,(H,36,37)(H2,30,31,32,35);6-11,14,21H,2-5,12-13,15-16H2,1H3,(H,30,36)(H2,31,32,33,35)/t;21-/m.0/s1. The molecule has 74 heavy (non-hydrogen) atoms. The van der Waals surface area contributed by atoms with E-state index in [0.29, 0.717) is 64.0 Å². The van der Waals surface area contributed by atoms with Crippen LogP contribution in [0.3, 0.4) is 0 Å². The molecule has 0 aliphatic heterocycles. The normalized spacial score (nSPS) is 15.1. The number of alkyl carbamates (subject to hydrolysis) is 1. The van der Waals surface area contributed by atoms with E-state index in [-0.39, 0.29) is 53.7 Å². The van der Waals surface area contributed by atoms with Gasteiger partial charge >= 0.3 is 12.2 Å². The minimum atomic E-state index is -1.24. The van der Waals surface area contributed by atoms with Crippen molar-refractivity contribution in [3.63, 3.8) is 0 Å². The number of amides is 4. The van der Waals surface area contributed by atoms with Gasteiger partial charge in [0.1, 0.15) is 23.7 Å². The Hall–Kier alpha value is -6.92. The average molecular weight is 1060 g/mol. The molecule has 2 aliphatic carbocycles. The molecule has 2 heterocycles. The van der Waals surface area contributed by atoms with E-state index in [1.807, 2.05) is 13.8 Å². The molecule has 0 spiro atoms. The van der Waals surface area contributed by atoms with Crippen LogP contribution < -0.4 is 16.0 Å². The number of carbonyl (C=O) groups excluding carboxylic acids is 5. The van der Waals surface area contributed by atoms with Crippen molar-refractivity contribution in [2.75, 3.05) is 23.8 Å². The lowest BCUT2D eigenvalue weighted by molar-refractivity contribution is -0.138. The number of nitrogens with zero attached hydrogens (tertiary/aromatic N) is 3. The van der Waals surface area contributed by atoms with Crippen molar-refractivity contribution in [1.82, 2.24) is 30.6 Å². The third-order valence-corrected chi connectivity index (χ3v) is 14.5. The smallest absolute Gasteiger partial charge is 0.407 e. The molecule has 2 fully saturated rings. The summed E-state index contributed by atoms with van der Waals surface area (Å²) in [6.07, 6.45) is 7.87. The number of nitrogens with one attached hydrogen (secondary N) is 5. The minimum absolute atomic E-state index is 0.122. The van der Waals surface area contributed by atoms with Gasteiger partial charge in [-0.3, -0.25) is 34.3 Å². The van der Waals surface area contributed by atoms with Crippen molar-refractivity contribution in [3.8, 4) is 0 Å². The molecule has 8 rings (SSSR count). The van der Waals surface area contributed by atoms with Crippen LogP contribution in [-0.2, 0) is 36.8 Å². The Balaban J connectivity index is 0.000000216. The first-order valence-corrected chi connectivity index (χ1v) is 25.6. The summed E-state index contributed by atoms with van der Waals surface area (Å²) in [7, 11) is 0. The van der Waals surface area contributed by atoms with Gasteiger partial charge in [0.25, 0.3) is 11.8 Å². The van der Waals surface area contributed by atoms with Crippen molar-refractivity contribution in [2.24, 2.45) is 10.8 Å². The fourth-order valence-corrected chi connectivity index (χ4v) is 9.93. The quantitative estimate of drug-likeness (QED) is 0.0352. The molecule has 6 aromatic rings. The third kappa shape index (κ3) is 14.0. The summed E-state index contributed by atoms with van der Waals surface area (Å²) >= 11 is 12.0. The highest BCUT2D eigenvalue weighted by Crippen LogP contribution is 2.46. The number of aromatic amines is 2. The van der Waals surface area contributed by atoms with Gasteiger partial charge in [0, 0.05) is 32.8 Å². The third-order valence-electron chi connectivity index (χ3n) is 14.0. The predicted molar refractivity (Wildman–Crippen MR) is 278 cm³/mol. The van der Waals surface area contributed by atoms with Crippen LogP contribution in [0.25, 0.3) is 21.8 Å². The van der Waals surface area contributed by atoms with E-state index < -0.39 is 47.7 Å². The molecule has 0 saturated heterocycles. The van der Waals surface area contributed by atoms with Crippen LogP contribution >= 0.6 is 23.2 Å². The van der Waals surface area contributed by atoms with Crippen molar-refractivity contribution >= 4 is 92.2 Å². The van der Waals surface area contributed by atoms with E-state index in [1.54, 1.807) is 60.7 Å². The van der Waals surface area contributed by atoms with Crippen LogP contribution in [0.5, 0.6) is 0 Å². The zero-order chi connectivity index (χ0) is 53.0. The Kier molecular flexibility index (Phi) is 18.4. The van der Waals surface area contributed by atoms with Crippen molar-refractivity contribution in [3.05, 3.63) is 118 Å². The summed E-state index contributed by atoms with van der Waals surface area (Å²) in [5.41, 5.74) is 2.52. The van der Waals surface area contributed by atoms with Gasteiger partial charge in [0.2, 0.25) is 11.6 Å². The molecule has 4 amide bonds. The number of ether oxygens (including phenoxy) is 1. The second-order valence-electron chi connectivity index (χ2n) is 19.5. The molecule has 2 aliphatic rings. The first-order valence-electron chi connectivity index (χ1n) is 24.9. The number of Topliss-reactive ketones (excluding diaryl/α,β-unsaturated/α-hetero) is 2. The van der Waals surface area contributed by atoms with Gasteiger partial charge in [0.05, 0.1) is 17.6 Å². The highest BCUT2D eigenvalue weighted by Gasteiger charge is 2.44.